The van der Waals surface area contributed by atoms with Crippen molar-refractivity contribution >= 4 is 11.8 Å². The molecule has 2 aromatic carbocycles. The number of hydrogen-bond donors (Lipinski definition) is 0. The van der Waals surface area contributed by atoms with Gasteiger partial charge in [-0.05, 0) is 32.4 Å². The Morgan fingerprint density at radius 2 is 1.71 bits per heavy atom. The highest BCUT2D eigenvalue weighted by molar-refractivity contribution is 7.99. The quantitative estimate of drug-likeness (QED) is 0.319. The Labute approximate surface area is 167 Å². The number of aryl methyl sites for hydroxylation is 3. The van der Waals surface area contributed by atoms with Crippen LogP contribution >= 0.6 is 11.8 Å². The van der Waals surface area contributed by atoms with Crippen LogP contribution in [0.1, 0.15) is 23.4 Å². The van der Waals surface area contributed by atoms with Crippen LogP contribution in [0.2, 0.25) is 0 Å². The third kappa shape index (κ3) is 4.48. The highest BCUT2D eigenvalue weighted by Gasteiger charge is 2.11. The molecule has 0 fully saturated rings. The molecule has 0 aliphatic heterocycles. The van der Waals surface area contributed by atoms with E-state index in [4.69, 9.17) is 8.94 Å². The Hall–Kier alpha value is -2.93. The first-order valence-corrected chi connectivity index (χ1v) is 10.1. The molecule has 0 unspecified atom stereocenters. The minimum atomic E-state index is 0.554. The lowest BCUT2D eigenvalue weighted by atomic mass is 10.1. The molecule has 0 spiro atoms. The molecule has 0 saturated carbocycles. The van der Waals surface area contributed by atoms with E-state index in [1.807, 2.05) is 30.3 Å². The Balaban J connectivity index is 1.29. The average Bonchev–Trinajstić information content (AvgIpc) is 3.35. The molecule has 0 radical (unpaired) electrons. The summed E-state index contributed by atoms with van der Waals surface area (Å²) in [7, 11) is 0. The zero-order chi connectivity index (χ0) is 19.3. The second kappa shape index (κ2) is 8.39. The van der Waals surface area contributed by atoms with Gasteiger partial charge in [0, 0.05) is 23.3 Å². The summed E-state index contributed by atoms with van der Waals surface area (Å²) in [6, 6.07) is 16.0. The first-order valence-electron chi connectivity index (χ1n) is 9.10. The van der Waals surface area contributed by atoms with E-state index in [1.54, 1.807) is 0 Å². The van der Waals surface area contributed by atoms with Gasteiger partial charge in [0.25, 0.3) is 5.22 Å². The molecule has 0 aliphatic carbocycles. The van der Waals surface area contributed by atoms with E-state index in [0.717, 1.165) is 23.3 Å². The molecule has 4 rings (SSSR count). The van der Waals surface area contributed by atoms with Crippen LogP contribution in [0, 0.1) is 13.8 Å². The van der Waals surface area contributed by atoms with Crippen LogP contribution < -0.4 is 0 Å². The maximum Gasteiger partial charge on any atom is 0.276 e. The van der Waals surface area contributed by atoms with Crippen LogP contribution in [-0.4, -0.2) is 26.1 Å². The third-order valence-corrected chi connectivity index (χ3v) is 5.04. The van der Waals surface area contributed by atoms with Gasteiger partial charge in [-0.15, -0.1) is 10.2 Å². The Morgan fingerprint density at radius 3 is 2.50 bits per heavy atom. The molecule has 28 heavy (non-hydrogen) atoms. The van der Waals surface area contributed by atoms with Crippen LogP contribution in [0.3, 0.4) is 0 Å². The lowest BCUT2D eigenvalue weighted by Gasteiger charge is -2.00. The fraction of sp³-hybridized carbons (Fsp3) is 0.238. The number of thioether (sulfide) groups is 1. The molecule has 0 amide bonds. The Bertz CT molecular complexity index is 1040. The summed E-state index contributed by atoms with van der Waals surface area (Å²) in [5.41, 5.74) is 4.27. The van der Waals surface area contributed by atoms with Crippen molar-refractivity contribution in [1.82, 2.24) is 20.3 Å². The molecule has 4 aromatic rings. The average molecular weight is 392 g/mol. The zero-order valence-electron chi connectivity index (χ0n) is 15.8. The van der Waals surface area contributed by atoms with E-state index in [2.05, 4.69) is 52.4 Å². The third-order valence-electron chi connectivity index (χ3n) is 4.14. The van der Waals surface area contributed by atoms with Crippen molar-refractivity contribution in [2.45, 2.75) is 31.9 Å². The van der Waals surface area contributed by atoms with Crippen LogP contribution in [0.15, 0.2) is 62.7 Å². The summed E-state index contributed by atoms with van der Waals surface area (Å²) in [6.07, 6.45) is 1.59. The van der Waals surface area contributed by atoms with Crippen molar-refractivity contribution in [1.29, 1.82) is 0 Å². The summed E-state index contributed by atoms with van der Waals surface area (Å²) < 4.78 is 11.1. The number of rotatable bonds is 7. The van der Waals surface area contributed by atoms with Gasteiger partial charge < -0.3 is 8.94 Å². The van der Waals surface area contributed by atoms with Crippen molar-refractivity contribution in [2.75, 3.05) is 5.75 Å². The fourth-order valence-electron chi connectivity index (χ4n) is 2.93. The highest BCUT2D eigenvalue weighted by Crippen LogP contribution is 2.25. The minimum Gasteiger partial charge on any atom is -0.411 e. The van der Waals surface area contributed by atoms with Crippen LogP contribution in [0.4, 0.5) is 0 Å². The standard InChI is InChI=1S/C21H20N4O2S/c1-14-11-15(2)13-17(12-14)20-23-24-21(26-20)28-10-6-9-18-22-19(25-27-18)16-7-4-3-5-8-16/h3-5,7-8,11-13H,6,9-10H2,1-2H3. The first kappa shape index (κ1) is 18.4. The Morgan fingerprint density at radius 1 is 0.929 bits per heavy atom. The number of nitrogens with zero attached hydrogens (tertiary/aromatic N) is 4. The topological polar surface area (TPSA) is 77.8 Å². The van der Waals surface area contributed by atoms with E-state index < -0.39 is 0 Å². The van der Waals surface area contributed by atoms with E-state index in [1.165, 1.54) is 22.9 Å². The summed E-state index contributed by atoms with van der Waals surface area (Å²) >= 11 is 1.54. The van der Waals surface area contributed by atoms with Crippen LogP contribution in [-0.2, 0) is 6.42 Å². The normalized spacial score (nSPS) is 11.1. The molecule has 0 saturated heterocycles. The van der Waals surface area contributed by atoms with Gasteiger partial charge in [-0.3, -0.25) is 0 Å². The van der Waals surface area contributed by atoms with E-state index in [9.17, 15) is 0 Å². The lowest BCUT2D eigenvalue weighted by Crippen LogP contribution is -1.88. The molecule has 0 N–H and O–H groups in total. The monoisotopic (exact) mass is 392 g/mol. The molecule has 2 aromatic heterocycles. The second-order valence-electron chi connectivity index (χ2n) is 6.58. The number of hydrogen-bond acceptors (Lipinski definition) is 7. The zero-order valence-corrected chi connectivity index (χ0v) is 16.6. The van der Waals surface area contributed by atoms with Gasteiger partial charge in [0.15, 0.2) is 0 Å². The van der Waals surface area contributed by atoms with Crippen LogP contribution in [0.5, 0.6) is 0 Å². The summed E-state index contributed by atoms with van der Waals surface area (Å²) in [4.78, 5) is 4.45. The van der Waals surface area contributed by atoms with Gasteiger partial charge >= 0.3 is 0 Å². The Kier molecular flexibility index (Phi) is 5.53. The molecular weight excluding hydrogens is 372 g/mol. The molecule has 142 valence electrons. The van der Waals surface area contributed by atoms with Crippen LogP contribution in [0.25, 0.3) is 22.8 Å². The van der Waals surface area contributed by atoms with Crippen molar-refractivity contribution < 1.29 is 8.94 Å². The molecular formula is C21H20N4O2S. The van der Waals surface area contributed by atoms with Crippen molar-refractivity contribution in [3.05, 3.63) is 65.5 Å². The summed E-state index contributed by atoms with van der Waals surface area (Å²) in [5, 5.41) is 12.9. The van der Waals surface area contributed by atoms with E-state index in [0.29, 0.717) is 29.2 Å². The molecule has 0 bridgehead atoms. The van der Waals surface area contributed by atoms with Crippen molar-refractivity contribution in [3.63, 3.8) is 0 Å². The maximum atomic E-state index is 5.78. The van der Waals surface area contributed by atoms with Gasteiger partial charge in [0.1, 0.15) is 0 Å². The van der Waals surface area contributed by atoms with Crippen molar-refractivity contribution in [3.8, 4) is 22.8 Å². The van der Waals surface area contributed by atoms with Gasteiger partial charge in [-0.2, -0.15) is 4.98 Å². The van der Waals surface area contributed by atoms with Crippen molar-refractivity contribution in [2.24, 2.45) is 0 Å². The fourth-order valence-corrected chi connectivity index (χ4v) is 3.63. The predicted molar refractivity (Wildman–Crippen MR) is 108 cm³/mol. The second-order valence-corrected chi connectivity index (χ2v) is 7.63. The predicted octanol–water partition coefficient (Wildman–Crippen LogP) is 5.13. The smallest absolute Gasteiger partial charge is 0.276 e. The van der Waals surface area contributed by atoms with E-state index >= 15 is 0 Å². The SMILES string of the molecule is Cc1cc(C)cc(-c2nnc(SCCCc3nc(-c4ccccc4)no3)o2)c1. The molecule has 7 heteroatoms. The largest absolute Gasteiger partial charge is 0.411 e. The van der Waals surface area contributed by atoms with Gasteiger partial charge in [0.05, 0.1) is 0 Å². The molecule has 0 aliphatic rings. The van der Waals surface area contributed by atoms with E-state index in [-0.39, 0.29) is 0 Å². The van der Waals surface area contributed by atoms with Gasteiger partial charge in [-0.1, -0.05) is 64.4 Å². The maximum absolute atomic E-state index is 5.78. The van der Waals surface area contributed by atoms with Gasteiger partial charge in [-0.25, -0.2) is 0 Å². The number of benzene rings is 2. The molecule has 6 nitrogen and oxygen atoms in total. The summed E-state index contributed by atoms with van der Waals surface area (Å²) in [5.74, 6) is 2.65. The number of aromatic nitrogens is 4. The lowest BCUT2D eigenvalue weighted by molar-refractivity contribution is 0.378. The molecule has 0 atom stereocenters. The van der Waals surface area contributed by atoms with Gasteiger partial charge in [0.2, 0.25) is 17.6 Å². The molecule has 2 heterocycles. The highest BCUT2D eigenvalue weighted by atomic mass is 32.2. The summed E-state index contributed by atoms with van der Waals surface area (Å²) in [6.45, 7) is 4.12. The minimum absolute atomic E-state index is 0.554. The first-order chi connectivity index (χ1) is 13.7.